The second kappa shape index (κ2) is 8.76. The zero-order valence-electron chi connectivity index (χ0n) is 17.5. The van der Waals surface area contributed by atoms with Crippen molar-refractivity contribution >= 4 is 23.1 Å². The first-order valence-corrected chi connectivity index (χ1v) is 10.4. The molecule has 0 spiro atoms. The van der Waals surface area contributed by atoms with Gasteiger partial charge in [-0.3, -0.25) is 9.88 Å². The molecule has 1 saturated heterocycles. The minimum Gasteiger partial charge on any atom is -0.459 e. The highest BCUT2D eigenvalue weighted by atomic mass is 16.5. The second-order valence-electron chi connectivity index (χ2n) is 8.52. The van der Waals surface area contributed by atoms with Gasteiger partial charge in [0.2, 0.25) is 0 Å². The Morgan fingerprint density at radius 2 is 1.87 bits per heavy atom. The van der Waals surface area contributed by atoms with Gasteiger partial charge in [-0.2, -0.15) is 0 Å². The van der Waals surface area contributed by atoms with Crippen molar-refractivity contribution in [2.45, 2.75) is 32.9 Å². The molecule has 1 aliphatic heterocycles. The van der Waals surface area contributed by atoms with Gasteiger partial charge in [0.05, 0.1) is 22.9 Å². The predicted octanol–water partition coefficient (Wildman–Crippen LogP) is 4.49. The molecule has 0 saturated carbocycles. The number of aromatic nitrogens is 2. The molecule has 0 aliphatic carbocycles. The lowest BCUT2D eigenvalue weighted by molar-refractivity contribution is -0.154. The van der Waals surface area contributed by atoms with E-state index in [1.165, 1.54) is 11.6 Å². The van der Waals surface area contributed by atoms with E-state index in [1.54, 1.807) is 12.3 Å². The van der Waals surface area contributed by atoms with E-state index < -0.39 is 0 Å². The van der Waals surface area contributed by atoms with Crippen molar-refractivity contribution in [1.29, 1.82) is 0 Å². The summed E-state index contributed by atoms with van der Waals surface area (Å²) in [4.78, 5) is 23.7. The number of carbonyl (C=O) groups is 1. The number of piperidine rings is 1. The van der Waals surface area contributed by atoms with Gasteiger partial charge < -0.3 is 4.74 Å². The Labute approximate surface area is 177 Å². The molecule has 1 atom stereocenters. The normalized spacial score (nSPS) is 19.2. The summed E-state index contributed by atoms with van der Waals surface area (Å²) in [5.41, 5.74) is 3.48. The minimum absolute atomic E-state index is 0.107. The minimum atomic E-state index is -0.334. The highest BCUT2D eigenvalue weighted by Crippen LogP contribution is 2.32. The van der Waals surface area contributed by atoms with Crippen LogP contribution in [-0.2, 0) is 16.1 Å². The van der Waals surface area contributed by atoms with Gasteiger partial charge in [-0.25, -0.2) is 9.78 Å². The van der Waals surface area contributed by atoms with Crippen LogP contribution in [0.25, 0.3) is 17.1 Å². The zero-order chi connectivity index (χ0) is 21.0. The Bertz CT molecular complexity index is 1050. The topological polar surface area (TPSA) is 55.3 Å². The van der Waals surface area contributed by atoms with Crippen LogP contribution >= 0.6 is 0 Å². The van der Waals surface area contributed by atoms with Crippen molar-refractivity contribution in [1.82, 2.24) is 14.9 Å². The molecule has 5 nitrogen and oxygen atoms in total. The fraction of sp³-hybridized carbons (Fsp3) is 0.320. The number of rotatable bonds is 5. The van der Waals surface area contributed by atoms with Gasteiger partial charge in [-0.15, -0.1) is 0 Å². The lowest BCUT2D eigenvalue weighted by Gasteiger charge is -2.43. The van der Waals surface area contributed by atoms with E-state index in [1.807, 2.05) is 30.3 Å². The van der Waals surface area contributed by atoms with Crippen molar-refractivity contribution < 1.29 is 9.53 Å². The summed E-state index contributed by atoms with van der Waals surface area (Å²) in [6.07, 6.45) is 5.50. The molecule has 4 rings (SSSR count). The number of esters is 1. The lowest BCUT2D eigenvalue weighted by atomic mass is 9.81. The third-order valence-corrected chi connectivity index (χ3v) is 5.58. The highest BCUT2D eigenvalue weighted by Gasteiger charge is 2.38. The number of nitrogens with zero attached hydrogens (tertiary/aromatic N) is 3. The number of hydrogen-bond acceptors (Lipinski definition) is 5. The standard InChI is InChI=1S/C25H27N3O2/c1-25(2)18-28(17-19-8-4-3-5-9-19)15-14-23(25)30-24(29)13-12-20-16-26-21-10-6-7-11-22(21)27-20/h3-13,16,23H,14-15,17-18H2,1-2H3/b13-12+. The molecule has 1 fully saturated rings. The van der Waals surface area contributed by atoms with E-state index in [2.05, 4.69) is 53.0 Å². The monoisotopic (exact) mass is 401 g/mol. The molecule has 0 bridgehead atoms. The first kappa shape index (κ1) is 20.2. The Hall–Kier alpha value is -3.05. The van der Waals surface area contributed by atoms with Gasteiger partial charge in [0, 0.05) is 31.1 Å². The second-order valence-corrected chi connectivity index (χ2v) is 8.52. The number of carbonyl (C=O) groups excluding carboxylic acids is 1. The molecule has 2 aromatic carbocycles. The highest BCUT2D eigenvalue weighted by molar-refractivity contribution is 5.87. The molecule has 0 amide bonds. The third kappa shape index (κ3) is 4.92. The summed E-state index contributed by atoms with van der Waals surface area (Å²) in [6.45, 7) is 7.06. The Balaban J connectivity index is 1.35. The van der Waals surface area contributed by atoms with Crippen LogP contribution in [-0.4, -0.2) is 40.0 Å². The van der Waals surface area contributed by atoms with Crippen LogP contribution in [0.15, 0.2) is 66.9 Å². The molecular weight excluding hydrogens is 374 g/mol. The summed E-state index contributed by atoms with van der Waals surface area (Å²) in [6, 6.07) is 18.2. The van der Waals surface area contributed by atoms with Crippen molar-refractivity contribution in [3.63, 3.8) is 0 Å². The van der Waals surface area contributed by atoms with Crippen LogP contribution in [0.5, 0.6) is 0 Å². The van der Waals surface area contributed by atoms with Crippen molar-refractivity contribution in [2.24, 2.45) is 5.41 Å². The lowest BCUT2D eigenvalue weighted by Crippen LogP contribution is -2.49. The van der Waals surface area contributed by atoms with E-state index >= 15 is 0 Å². The fourth-order valence-corrected chi connectivity index (χ4v) is 4.03. The van der Waals surface area contributed by atoms with Crippen LogP contribution in [0.4, 0.5) is 0 Å². The van der Waals surface area contributed by atoms with Crippen molar-refractivity contribution in [3.8, 4) is 0 Å². The van der Waals surface area contributed by atoms with Crippen LogP contribution in [0.1, 0.15) is 31.5 Å². The molecule has 30 heavy (non-hydrogen) atoms. The van der Waals surface area contributed by atoms with Crippen molar-refractivity contribution in [3.05, 3.63) is 78.1 Å². The van der Waals surface area contributed by atoms with Crippen LogP contribution < -0.4 is 0 Å². The molecule has 1 unspecified atom stereocenters. The molecule has 0 N–H and O–H groups in total. The van der Waals surface area contributed by atoms with Crippen LogP contribution in [0, 0.1) is 5.41 Å². The van der Waals surface area contributed by atoms with Crippen LogP contribution in [0.3, 0.4) is 0 Å². The van der Waals surface area contributed by atoms with E-state index in [-0.39, 0.29) is 17.5 Å². The first-order valence-electron chi connectivity index (χ1n) is 10.4. The van der Waals surface area contributed by atoms with E-state index in [0.29, 0.717) is 5.69 Å². The van der Waals surface area contributed by atoms with Gasteiger partial charge in [0.1, 0.15) is 6.10 Å². The molecule has 1 aliphatic rings. The SMILES string of the molecule is CC1(C)CN(Cc2ccccc2)CCC1OC(=O)/C=C/c1cnc2ccccc2n1. The maximum atomic E-state index is 12.4. The summed E-state index contributed by atoms with van der Waals surface area (Å²) in [5, 5.41) is 0. The Morgan fingerprint density at radius 3 is 2.63 bits per heavy atom. The average Bonchev–Trinajstić information content (AvgIpc) is 2.74. The number of fused-ring (bicyclic) bond motifs is 1. The largest absolute Gasteiger partial charge is 0.459 e. The molecule has 1 aromatic heterocycles. The smallest absolute Gasteiger partial charge is 0.331 e. The summed E-state index contributed by atoms with van der Waals surface area (Å²) in [7, 11) is 0. The fourth-order valence-electron chi connectivity index (χ4n) is 4.03. The van der Waals surface area contributed by atoms with Gasteiger partial charge in [0.15, 0.2) is 0 Å². The molecular formula is C25H27N3O2. The zero-order valence-corrected chi connectivity index (χ0v) is 17.5. The van der Waals surface area contributed by atoms with Crippen molar-refractivity contribution in [2.75, 3.05) is 13.1 Å². The number of para-hydroxylation sites is 2. The van der Waals surface area contributed by atoms with E-state index in [0.717, 1.165) is 37.1 Å². The van der Waals surface area contributed by atoms with E-state index in [4.69, 9.17) is 4.74 Å². The molecule has 0 radical (unpaired) electrons. The molecule has 2 heterocycles. The average molecular weight is 402 g/mol. The number of likely N-dealkylation sites (tertiary alicyclic amines) is 1. The van der Waals surface area contributed by atoms with Crippen LogP contribution in [0.2, 0.25) is 0 Å². The van der Waals surface area contributed by atoms with E-state index in [9.17, 15) is 4.79 Å². The molecule has 5 heteroatoms. The Kier molecular flexibility index (Phi) is 5.91. The summed E-state index contributed by atoms with van der Waals surface area (Å²) in [5.74, 6) is -0.334. The maximum absolute atomic E-state index is 12.4. The number of benzene rings is 2. The maximum Gasteiger partial charge on any atom is 0.331 e. The van der Waals surface area contributed by atoms with Gasteiger partial charge in [-0.05, 0) is 30.2 Å². The van der Waals surface area contributed by atoms with Gasteiger partial charge in [0.25, 0.3) is 0 Å². The van der Waals surface area contributed by atoms with Gasteiger partial charge in [-0.1, -0.05) is 56.3 Å². The molecule has 154 valence electrons. The van der Waals surface area contributed by atoms with Gasteiger partial charge >= 0.3 is 5.97 Å². The Morgan fingerprint density at radius 1 is 1.13 bits per heavy atom. The number of ether oxygens (including phenoxy) is 1. The third-order valence-electron chi connectivity index (χ3n) is 5.58. The molecule has 3 aromatic rings. The summed E-state index contributed by atoms with van der Waals surface area (Å²) >= 11 is 0. The predicted molar refractivity (Wildman–Crippen MR) is 119 cm³/mol. The number of hydrogen-bond donors (Lipinski definition) is 0. The quantitative estimate of drug-likeness (QED) is 0.466. The summed E-state index contributed by atoms with van der Waals surface area (Å²) < 4.78 is 5.81. The first-order chi connectivity index (χ1) is 14.5.